The summed E-state index contributed by atoms with van der Waals surface area (Å²) in [5.74, 6) is 0.644. The van der Waals surface area contributed by atoms with E-state index in [2.05, 4.69) is 19.9 Å². The molecule has 0 spiro atoms. The van der Waals surface area contributed by atoms with Crippen LogP contribution in [0.3, 0.4) is 0 Å². The van der Waals surface area contributed by atoms with Gasteiger partial charge in [-0.1, -0.05) is 13.8 Å². The van der Waals surface area contributed by atoms with Gasteiger partial charge in [0.25, 0.3) is 0 Å². The van der Waals surface area contributed by atoms with Crippen molar-refractivity contribution in [2.24, 2.45) is 5.92 Å². The van der Waals surface area contributed by atoms with E-state index in [0.29, 0.717) is 17.9 Å². The molecule has 17 heavy (non-hydrogen) atoms. The van der Waals surface area contributed by atoms with Crippen molar-refractivity contribution in [2.75, 3.05) is 4.90 Å². The minimum Gasteiger partial charge on any atom is -0.309 e. The van der Waals surface area contributed by atoms with Gasteiger partial charge >= 0.3 is 0 Å². The van der Waals surface area contributed by atoms with Crippen LogP contribution in [0.25, 0.3) is 0 Å². The van der Waals surface area contributed by atoms with Crippen molar-refractivity contribution in [3.8, 4) is 6.07 Å². The van der Waals surface area contributed by atoms with E-state index >= 15 is 0 Å². The fourth-order valence-electron chi connectivity index (χ4n) is 2.37. The molecule has 1 aliphatic heterocycles. The first-order chi connectivity index (χ1) is 8.13. The maximum atomic E-state index is 11.9. The summed E-state index contributed by atoms with van der Waals surface area (Å²) in [6.45, 7) is 4.28. The lowest BCUT2D eigenvalue weighted by molar-refractivity contribution is -0.117. The first-order valence-corrected chi connectivity index (χ1v) is 5.95. The molecule has 1 aromatic rings. The number of carbonyl (C=O) groups is 1. The molecular formula is C14H16N2O. The van der Waals surface area contributed by atoms with Gasteiger partial charge in [-0.25, -0.2) is 0 Å². The van der Waals surface area contributed by atoms with Crippen LogP contribution in [0.4, 0.5) is 5.69 Å². The smallest absolute Gasteiger partial charge is 0.227 e. The van der Waals surface area contributed by atoms with Crippen LogP contribution >= 0.6 is 0 Å². The van der Waals surface area contributed by atoms with Crippen LogP contribution in [0.5, 0.6) is 0 Å². The SMILES string of the molecule is CC(C)C1CCC(=O)N1c1ccc(C#N)cc1. The highest BCUT2D eigenvalue weighted by molar-refractivity contribution is 5.96. The number of nitriles is 1. The number of rotatable bonds is 2. The van der Waals surface area contributed by atoms with Crippen LogP contribution in [-0.4, -0.2) is 11.9 Å². The molecular weight excluding hydrogens is 212 g/mol. The molecule has 1 fully saturated rings. The van der Waals surface area contributed by atoms with E-state index in [9.17, 15) is 4.79 Å². The zero-order chi connectivity index (χ0) is 12.4. The molecule has 3 nitrogen and oxygen atoms in total. The van der Waals surface area contributed by atoms with Gasteiger partial charge in [0.1, 0.15) is 0 Å². The van der Waals surface area contributed by atoms with Crippen LogP contribution in [0.15, 0.2) is 24.3 Å². The molecule has 0 aliphatic carbocycles. The minimum absolute atomic E-state index is 0.188. The third-order valence-corrected chi connectivity index (χ3v) is 3.30. The van der Waals surface area contributed by atoms with Gasteiger partial charge < -0.3 is 4.90 Å². The molecule has 1 aliphatic rings. The molecule has 0 N–H and O–H groups in total. The zero-order valence-corrected chi connectivity index (χ0v) is 10.2. The van der Waals surface area contributed by atoms with Crippen LogP contribution in [0.1, 0.15) is 32.3 Å². The number of hydrogen-bond acceptors (Lipinski definition) is 2. The lowest BCUT2D eigenvalue weighted by Gasteiger charge is -2.27. The first kappa shape index (κ1) is 11.7. The largest absolute Gasteiger partial charge is 0.309 e. The molecule has 0 radical (unpaired) electrons. The highest BCUT2D eigenvalue weighted by Crippen LogP contribution is 2.30. The van der Waals surface area contributed by atoms with Crippen LogP contribution in [0, 0.1) is 17.2 Å². The predicted molar refractivity (Wildman–Crippen MR) is 66.5 cm³/mol. The molecule has 1 aromatic carbocycles. The van der Waals surface area contributed by atoms with E-state index in [0.717, 1.165) is 12.1 Å². The fraction of sp³-hybridized carbons (Fsp3) is 0.429. The highest BCUT2D eigenvalue weighted by Gasteiger charge is 2.33. The summed E-state index contributed by atoms with van der Waals surface area (Å²) in [5, 5.41) is 8.76. The average Bonchev–Trinajstić information content (AvgIpc) is 2.71. The summed E-state index contributed by atoms with van der Waals surface area (Å²) in [4.78, 5) is 13.8. The molecule has 0 saturated carbocycles. The van der Waals surface area contributed by atoms with Crippen molar-refractivity contribution in [2.45, 2.75) is 32.7 Å². The van der Waals surface area contributed by atoms with E-state index in [1.54, 1.807) is 12.1 Å². The van der Waals surface area contributed by atoms with E-state index in [4.69, 9.17) is 5.26 Å². The molecule has 2 rings (SSSR count). The fourth-order valence-corrected chi connectivity index (χ4v) is 2.37. The molecule has 88 valence electrons. The Balaban J connectivity index is 2.30. The monoisotopic (exact) mass is 228 g/mol. The molecule has 1 unspecified atom stereocenters. The Morgan fingerprint density at radius 2 is 2.00 bits per heavy atom. The summed E-state index contributed by atoms with van der Waals surface area (Å²) < 4.78 is 0. The highest BCUT2D eigenvalue weighted by atomic mass is 16.2. The van der Waals surface area contributed by atoms with Gasteiger partial charge in [-0.3, -0.25) is 4.79 Å². The van der Waals surface area contributed by atoms with Crippen molar-refractivity contribution in [3.05, 3.63) is 29.8 Å². The second kappa shape index (κ2) is 4.58. The van der Waals surface area contributed by atoms with Crippen molar-refractivity contribution >= 4 is 11.6 Å². The summed E-state index contributed by atoms with van der Waals surface area (Å²) in [6.07, 6.45) is 1.55. The normalized spacial score (nSPS) is 19.8. The number of carbonyl (C=O) groups excluding carboxylic acids is 1. The number of hydrogen-bond donors (Lipinski definition) is 0. The second-order valence-corrected chi connectivity index (χ2v) is 4.77. The average molecular weight is 228 g/mol. The zero-order valence-electron chi connectivity index (χ0n) is 10.2. The quantitative estimate of drug-likeness (QED) is 0.781. The Kier molecular flexibility index (Phi) is 3.14. The topological polar surface area (TPSA) is 44.1 Å². The van der Waals surface area contributed by atoms with E-state index in [-0.39, 0.29) is 11.9 Å². The molecule has 1 atom stereocenters. The number of benzene rings is 1. The summed E-state index contributed by atoms with van der Waals surface area (Å²) in [5.41, 5.74) is 1.53. The maximum absolute atomic E-state index is 11.9. The summed E-state index contributed by atoms with van der Waals surface area (Å²) in [6, 6.07) is 9.61. The predicted octanol–water partition coefficient (Wildman–Crippen LogP) is 2.71. The van der Waals surface area contributed by atoms with E-state index in [1.807, 2.05) is 17.0 Å². The lowest BCUT2D eigenvalue weighted by Crippen LogP contribution is -2.36. The number of nitrogens with zero attached hydrogens (tertiary/aromatic N) is 2. The van der Waals surface area contributed by atoms with E-state index in [1.165, 1.54) is 0 Å². The standard InChI is InChI=1S/C14H16N2O/c1-10(2)13-7-8-14(17)16(13)12-5-3-11(9-15)4-6-12/h3-6,10,13H,7-8H2,1-2H3. The Hall–Kier alpha value is -1.82. The molecule has 3 heteroatoms. The van der Waals surface area contributed by atoms with Gasteiger partial charge in [-0.2, -0.15) is 5.26 Å². The van der Waals surface area contributed by atoms with Gasteiger partial charge in [0, 0.05) is 18.2 Å². The van der Waals surface area contributed by atoms with Crippen molar-refractivity contribution < 1.29 is 4.79 Å². The van der Waals surface area contributed by atoms with Gasteiger partial charge in [0.05, 0.1) is 11.6 Å². The first-order valence-electron chi connectivity index (χ1n) is 5.95. The maximum Gasteiger partial charge on any atom is 0.227 e. The van der Waals surface area contributed by atoms with Crippen LogP contribution in [-0.2, 0) is 4.79 Å². The van der Waals surface area contributed by atoms with Gasteiger partial charge in [0.2, 0.25) is 5.91 Å². The molecule has 1 amide bonds. The van der Waals surface area contributed by atoms with Crippen LogP contribution < -0.4 is 4.90 Å². The Labute approximate surface area is 102 Å². The molecule has 1 saturated heterocycles. The van der Waals surface area contributed by atoms with E-state index < -0.39 is 0 Å². The Morgan fingerprint density at radius 1 is 1.35 bits per heavy atom. The third-order valence-electron chi connectivity index (χ3n) is 3.30. The minimum atomic E-state index is 0.188. The lowest BCUT2D eigenvalue weighted by atomic mass is 10.0. The van der Waals surface area contributed by atoms with Crippen molar-refractivity contribution in [3.63, 3.8) is 0 Å². The second-order valence-electron chi connectivity index (χ2n) is 4.77. The Bertz CT molecular complexity index is 456. The number of anilines is 1. The molecule has 0 aromatic heterocycles. The molecule has 0 bridgehead atoms. The van der Waals surface area contributed by atoms with Crippen LogP contribution in [0.2, 0.25) is 0 Å². The molecule has 1 heterocycles. The summed E-state index contributed by atoms with van der Waals surface area (Å²) in [7, 11) is 0. The van der Waals surface area contributed by atoms with Gasteiger partial charge in [-0.15, -0.1) is 0 Å². The van der Waals surface area contributed by atoms with Crippen molar-refractivity contribution in [1.82, 2.24) is 0 Å². The van der Waals surface area contributed by atoms with Gasteiger partial charge in [0.15, 0.2) is 0 Å². The van der Waals surface area contributed by atoms with Crippen molar-refractivity contribution in [1.29, 1.82) is 5.26 Å². The Morgan fingerprint density at radius 3 is 2.53 bits per heavy atom. The van der Waals surface area contributed by atoms with Gasteiger partial charge in [-0.05, 0) is 36.6 Å². The third kappa shape index (κ3) is 2.16. The summed E-state index contributed by atoms with van der Waals surface area (Å²) >= 11 is 0. The number of amides is 1.